The number of urea groups is 1. The van der Waals surface area contributed by atoms with Gasteiger partial charge in [0.15, 0.2) is 0 Å². The normalized spacial score (nSPS) is 32.1. The Balaban J connectivity index is 2.04. The first-order chi connectivity index (χ1) is 7.90. The number of carbonyl (C=O) groups is 1. The zero-order valence-corrected chi connectivity index (χ0v) is 10.9. The van der Waals surface area contributed by atoms with Crippen LogP contribution < -0.4 is 5.32 Å². The van der Waals surface area contributed by atoms with Crippen LogP contribution in [0.25, 0.3) is 0 Å². The van der Waals surface area contributed by atoms with Gasteiger partial charge in [0, 0.05) is 17.6 Å². The van der Waals surface area contributed by atoms with Crippen molar-refractivity contribution in [2.24, 2.45) is 5.92 Å². The summed E-state index contributed by atoms with van der Waals surface area (Å²) in [7, 11) is 0. The molecule has 2 saturated heterocycles. The number of carbonyl (C=O) groups excluding carboxylic acids is 1. The smallest absolute Gasteiger partial charge is 0.318 e. The van der Waals surface area contributed by atoms with Crippen LogP contribution in [-0.4, -0.2) is 28.6 Å². The Bertz CT molecular complexity index is 339. The SMILES string of the molecule is CC(C)(C)NC(=O)N1C2CCC1CC(C#N)C2. The molecule has 0 aromatic carbocycles. The lowest BCUT2D eigenvalue weighted by atomic mass is 9.92. The summed E-state index contributed by atoms with van der Waals surface area (Å²) in [6.45, 7) is 5.98. The van der Waals surface area contributed by atoms with Gasteiger partial charge in [-0.1, -0.05) is 0 Å². The largest absolute Gasteiger partial charge is 0.333 e. The number of amides is 2. The van der Waals surface area contributed by atoms with E-state index in [4.69, 9.17) is 5.26 Å². The van der Waals surface area contributed by atoms with Crippen molar-refractivity contribution in [1.82, 2.24) is 10.2 Å². The highest BCUT2D eigenvalue weighted by molar-refractivity contribution is 5.76. The number of nitriles is 1. The van der Waals surface area contributed by atoms with Crippen LogP contribution in [0.3, 0.4) is 0 Å². The maximum atomic E-state index is 12.2. The lowest BCUT2D eigenvalue weighted by Crippen LogP contribution is -2.54. The Hall–Kier alpha value is -1.24. The summed E-state index contributed by atoms with van der Waals surface area (Å²) in [5, 5.41) is 12.0. The van der Waals surface area contributed by atoms with Gasteiger partial charge in [-0.25, -0.2) is 4.79 Å². The van der Waals surface area contributed by atoms with Crippen molar-refractivity contribution in [1.29, 1.82) is 5.26 Å². The van der Waals surface area contributed by atoms with E-state index in [0.29, 0.717) is 0 Å². The Kier molecular flexibility index (Phi) is 3.03. The van der Waals surface area contributed by atoms with Crippen molar-refractivity contribution in [2.75, 3.05) is 0 Å². The summed E-state index contributed by atoms with van der Waals surface area (Å²) in [4.78, 5) is 14.2. The molecule has 0 aromatic rings. The molecule has 1 N–H and O–H groups in total. The predicted octanol–water partition coefficient (Wildman–Crippen LogP) is 2.26. The van der Waals surface area contributed by atoms with E-state index < -0.39 is 0 Å². The molecule has 2 aliphatic rings. The number of hydrogen-bond acceptors (Lipinski definition) is 2. The molecule has 2 atom stereocenters. The van der Waals surface area contributed by atoms with E-state index in [0.717, 1.165) is 25.7 Å². The second-order valence-electron chi connectivity index (χ2n) is 6.27. The second-order valence-corrected chi connectivity index (χ2v) is 6.27. The fourth-order valence-corrected chi connectivity index (χ4v) is 3.00. The van der Waals surface area contributed by atoms with Crippen molar-refractivity contribution >= 4 is 6.03 Å². The summed E-state index contributed by atoms with van der Waals surface area (Å²) in [6.07, 6.45) is 3.82. The van der Waals surface area contributed by atoms with Crippen LogP contribution in [0.2, 0.25) is 0 Å². The molecule has 17 heavy (non-hydrogen) atoms. The minimum atomic E-state index is -0.192. The topological polar surface area (TPSA) is 56.1 Å². The van der Waals surface area contributed by atoms with Gasteiger partial charge in [-0.15, -0.1) is 0 Å². The van der Waals surface area contributed by atoms with E-state index in [1.54, 1.807) is 0 Å². The third-order valence-corrected chi connectivity index (χ3v) is 3.63. The molecule has 2 heterocycles. The highest BCUT2D eigenvalue weighted by Crippen LogP contribution is 2.38. The van der Waals surface area contributed by atoms with E-state index in [-0.39, 0.29) is 29.6 Å². The van der Waals surface area contributed by atoms with Crippen molar-refractivity contribution in [2.45, 2.75) is 64.1 Å². The Morgan fingerprint density at radius 2 is 1.82 bits per heavy atom. The van der Waals surface area contributed by atoms with E-state index in [9.17, 15) is 4.79 Å². The fourth-order valence-electron chi connectivity index (χ4n) is 3.00. The van der Waals surface area contributed by atoms with Crippen LogP contribution in [0.5, 0.6) is 0 Å². The molecule has 0 aromatic heterocycles. The zero-order valence-electron chi connectivity index (χ0n) is 10.9. The van der Waals surface area contributed by atoms with Crippen LogP contribution in [0.4, 0.5) is 4.79 Å². The molecule has 2 amide bonds. The molecule has 2 rings (SSSR count). The second kappa shape index (κ2) is 4.21. The number of piperidine rings is 1. The minimum absolute atomic E-state index is 0.0430. The molecule has 2 fully saturated rings. The molecule has 0 radical (unpaired) electrons. The van der Waals surface area contributed by atoms with Crippen LogP contribution >= 0.6 is 0 Å². The molecule has 2 unspecified atom stereocenters. The Morgan fingerprint density at radius 1 is 1.29 bits per heavy atom. The summed E-state index contributed by atoms with van der Waals surface area (Å²) in [5.41, 5.74) is -0.192. The quantitative estimate of drug-likeness (QED) is 0.700. The Morgan fingerprint density at radius 3 is 2.24 bits per heavy atom. The highest BCUT2D eigenvalue weighted by Gasteiger charge is 2.43. The van der Waals surface area contributed by atoms with Gasteiger partial charge in [0.05, 0.1) is 12.0 Å². The summed E-state index contributed by atoms with van der Waals surface area (Å²) < 4.78 is 0. The van der Waals surface area contributed by atoms with E-state index in [1.165, 1.54) is 0 Å². The molecule has 0 aliphatic carbocycles. The van der Waals surface area contributed by atoms with Gasteiger partial charge in [0.2, 0.25) is 0 Å². The summed E-state index contributed by atoms with van der Waals surface area (Å²) in [5.74, 6) is 0.145. The highest BCUT2D eigenvalue weighted by atomic mass is 16.2. The fraction of sp³-hybridized carbons (Fsp3) is 0.846. The zero-order chi connectivity index (χ0) is 12.6. The standard InChI is InChI=1S/C13H21N3O/c1-13(2,3)15-12(17)16-10-4-5-11(16)7-9(6-10)8-14/h9-11H,4-7H2,1-3H3,(H,15,17). The molecule has 2 bridgehead atoms. The first-order valence-corrected chi connectivity index (χ1v) is 6.41. The van der Waals surface area contributed by atoms with Crippen molar-refractivity contribution in [3.8, 4) is 6.07 Å². The maximum absolute atomic E-state index is 12.2. The first kappa shape index (κ1) is 12.2. The van der Waals surface area contributed by atoms with Gasteiger partial charge in [-0.3, -0.25) is 0 Å². The van der Waals surface area contributed by atoms with Crippen LogP contribution in [0.1, 0.15) is 46.5 Å². The number of nitrogens with one attached hydrogen (secondary N) is 1. The average Bonchev–Trinajstić information content (AvgIpc) is 2.47. The first-order valence-electron chi connectivity index (χ1n) is 6.41. The van der Waals surface area contributed by atoms with Crippen molar-refractivity contribution < 1.29 is 4.79 Å². The molecular weight excluding hydrogens is 214 g/mol. The third-order valence-electron chi connectivity index (χ3n) is 3.63. The molecule has 0 spiro atoms. The molecule has 4 nitrogen and oxygen atoms in total. The number of nitrogens with zero attached hydrogens (tertiary/aromatic N) is 2. The number of rotatable bonds is 0. The van der Waals surface area contributed by atoms with Gasteiger partial charge in [0.1, 0.15) is 0 Å². The van der Waals surface area contributed by atoms with Crippen molar-refractivity contribution in [3.63, 3.8) is 0 Å². The monoisotopic (exact) mass is 235 g/mol. The van der Waals surface area contributed by atoms with Gasteiger partial charge in [-0.2, -0.15) is 5.26 Å². The van der Waals surface area contributed by atoms with Crippen LogP contribution in [-0.2, 0) is 0 Å². The lowest BCUT2D eigenvalue weighted by molar-refractivity contribution is 0.128. The van der Waals surface area contributed by atoms with E-state index in [1.807, 2.05) is 25.7 Å². The molecule has 2 aliphatic heterocycles. The minimum Gasteiger partial charge on any atom is -0.333 e. The van der Waals surface area contributed by atoms with Gasteiger partial charge in [0.25, 0.3) is 0 Å². The van der Waals surface area contributed by atoms with E-state index >= 15 is 0 Å². The van der Waals surface area contributed by atoms with Crippen molar-refractivity contribution in [3.05, 3.63) is 0 Å². The summed E-state index contributed by atoms with van der Waals surface area (Å²) in [6, 6.07) is 2.95. The van der Waals surface area contributed by atoms with Gasteiger partial charge < -0.3 is 10.2 Å². The molecule has 4 heteroatoms. The predicted molar refractivity (Wildman–Crippen MR) is 65.3 cm³/mol. The Labute approximate surface area is 103 Å². The van der Waals surface area contributed by atoms with Gasteiger partial charge in [-0.05, 0) is 46.5 Å². The van der Waals surface area contributed by atoms with E-state index in [2.05, 4.69) is 11.4 Å². The number of fused-ring (bicyclic) bond motifs is 2. The molecule has 94 valence electrons. The lowest BCUT2D eigenvalue weighted by Gasteiger charge is -2.38. The third kappa shape index (κ3) is 2.54. The van der Waals surface area contributed by atoms with Crippen LogP contribution in [0, 0.1) is 17.2 Å². The maximum Gasteiger partial charge on any atom is 0.318 e. The van der Waals surface area contributed by atoms with Gasteiger partial charge >= 0.3 is 6.03 Å². The average molecular weight is 235 g/mol. The molecular formula is C13H21N3O. The molecule has 0 saturated carbocycles. The summed E-state index contributed by atoms with van der Waals surface area (Å²) >= 11 is 0. The van der Waals surface area contributed by atoms with Crippen LogP contribution in [0.15, 0.2) is 0 Å². The number of hydrogen-bond donors (Lipinski definition) is 1.